The lowest BCUT2D eigenvalue weighted by atomic mass is 9.79. The Labute approximate surface area is 143 Å². The van der Waals surface area contributed by atoms with Crippen LogP contribution in [0.3, 0.4) is 0 Å². The third-order valence-electron chi connectivity index (χ3n) is 4.73. The molecule has 1 N–H and O–H groups in total. The van der Waals surface area contributed by atoms with E-state index in [2.05, 4.69) is 0 Å². The molecule has 4 nitrogen and oxygen atoms in total. The minimum atomic E-state index is -0.351. The lowest BCUT2D eigenvalue weighted by Gasteiger charge is -2.32. The average Bonchev–Trinajstić information content (AvgIpc) is 2.74. The second kappa shape index (κ2) is 6.15. The van der Waals surface area contributed by atoms with E-state index in [0.29, 0.717) is 12.4 Å². The fourth-order valence-corrected chi connectivity index (χ4v) is 2.49. The molecule has 0 bridgehead atoms. The first-order chi connectivity index (χ1) is 11.3. The predicted molar refractivity (Wildman–Crippen MR) is 94.6 cm³/mol. The molecule has 0 aliphatic carbocycles. The van der Waals surface area contributed by atoms with Gasteiger partial charge in [-0.2, -0.15) is 0 Å². The first-order valence-corrected chi connectivity index (χ1v) is 8.13. The van der Waals surface area contributed by atoms with Gasteiger partial charge in [-0.15, -0.1) is 0 Å². The molecule has 0 radical (unpaired) electrons. The number of benzene rings is 2. The maximum Gasteiger partial charge on any atom is 0.494 e. The third-order valence-corrected chi connectivity index (χ3v) is 4.73. The first kappa shape index (κ1) is 16.9. The molecule has 1 heterocycles. The fourth-order valence-electron chi connectivity index (χ4n) is 2.49. The van der Waals surface area contributed by atoms with E-state index in [-0.39, 0.29) is 24.1 Å². The van der Waals surface area contributed by atoms with Gasteiger partial charge in [-0.3, -0.25) is 0 Å². The van der Waals surface area contributed by atoms with Gasteiger partial charge in [0, 0.05) is 6.07 Å². The Hall–Kier alpha value is -1.98. The molecule has 0 aromatic heterocycles. The van der Waals surface area contributed by atoms with Crippen LogP contribution in [0.15, 0.2) is 48.5 Å². The second-order valence-electron chi connectivity index (χ2n) is 7.12. The van der Waals surface area contributed by atoms with Crippen molar-refractivity contribution in [2.45, 2.75) is 45.5 Å². The summed E-state index contributed by atoms with van der Waals surface area (Å²) in [6, 6.07) is 14.8. The highest BCUT2D eigenvalue weighted by atomic mass is 16.7. The van der Waals surface area contributed by atoms with Gasteiger partial charge in [0.25, 0.3) is 0 Å². The molecule has 0 saturated carbocycles. The highest BCUT2D eigenvalue weighted by Gasteiger charge is 2.51. The van der Waals surface area contributed by atoms with Crippen LogP contribution >= 0.6 is 0 Å². The summed E-state index contributed by atoms with van der Waals surface area (Å²) in [6.45, 7) is 8.62. The Bertz CT molecular complexity index is 694. The lowest BCUT2D eigenvalue weighted by molar-refractivity contribution is 0.00578. The van der Waals surface area contributed by atoms with Crippen LogP contribution in [0, 0.1) is 0 Å². The van der Waals surface area contributed by atoms with E-state index in [9.17, 15) is 5.11 Å². The zero-order chi connectivity index (χ0) is 17.4. The monoisotopic (exact) mass is 326 g/mol. The number of rotatable bonds is 4. The summed E-state index contributed by atoms with van der Waals surface area (Å²) in [5.74, 6) is 0.841. The van der Waals surface area contributed by atoms with E-state index in [0.717, 1.165) is 11.0 Å². The molecule has 5 heteroatoms. The first-order valence-electron chi connectivity index (χ1n) is 8.13. The van der Waals surface area contributed by atoms with E-state index in [1.54, 1.807) is 18.2 Å². The molecule has 1 aliphatic heterocycles. The van der Waals surface area contributed by atoms with Crippen LogP contribution in [-0.4, -0.2) is 23.4 Å². The molecular weight excluding hydrogens is 303 g/mol. The normalized spacial score (nSPS) is 18.6. The van der Waals surface area contributed by atoms with Crippen molar-refractivity contribution in [3.05, 3.63) is 54.1 Å². The topological polar surface area (TPSA) is 47.9 Å². The van der Waals surface area contributed by atoms with Crippen molar-refractivity contribution in [1.29, 1.82) is 0 Å². The van der Waals surface area contributed by atoms with E-state index < -0.39 is 0 Å². The smallest absolute Gasteiger partial charge is 0.494 e. The predicted octanol–water partition coefficient (Wildman–Crippen LogP) is 3.27. The van der Waals surface area contributed by atoms with Crippen LogP contribution in [0.5, 0.6) is 11.5 Å². The van der Waals surface area contributed by atoms with Crippen molar-refractivity contribution >= 4 is 12.6 Å². The largest absolute Gasteiger partial charge is 0.508 e. The molecule has 0 amide bonds. The SMILES string of the molecule is CC1(C)OB(c2ccc(COc3cccc(O)c3)cc2)OC1(C)C. The standard InChI is InChI=1S/C19H23BO4/c1-18(2)19(3,4)24-20(23-18)15-10-8-14(9-11-15)13-22-17-7-5-6-16(21)12-17/h5-12,21H,13H2,1-4H3. The molecular formula is C19H23BO4. The fraction of sp³-hybridized carbons (Fsp3) is 0.368. The maximum absolute atomic E-state index is 9.44. The summed E-state index contributed by atoms with van der Waals surface area (Å²) < 4.78 is 17.8. The molecule has 0 atom stereocenters. The van der Waals surface area contributed by atoms with E-state index in [1.165, 1.54) is 0 Å². The Morgan fingerprint density at radius 3 is 2.17 bits per heavy atom. The number of hydrogen-bond donors (Lipinski definition) is 1. The van der Waals surface area contributed by atoms with Crippen molar-refractivity contribution in [3.63, 3.8) is 0 Å². The molecule has 1 saturated heterocycles. The van der Waals surface area contributed by atoms with Crippen LogP contribution in [-0.2, 0) is 15.9 Å². The van der Waals surface area contributed by atoms with Crippen molar-refractivity contribution in [1.82, 2.24) is 0 Å². The third kappa shape index (κ3) is 3.42. The number of phenolic OH excluding ortho intramolecular Hbond substituents is 1. The highest BCUT2D eigenvalue weighted by molar-refractivity contribution is 6.62. The molecule has 0 spiro atoms. The highest BCUT2D eigenvalue weighted by Crippen LogP contribution is 2.36. The van der Waals surface area contributed by atoms with Gasteiger partial charge in [-0.25, -0.2) is 0 Å². The van der Waals surface area contributed by atoms with E-state index in [4.69, 9.17) is 14.0 Å². The minimum absolute atomic E-state index is 0.198. The number of phenols is 1. The van der Waals surface area contributed by atoms with Gasteiger partial charge in [0.2, 0.25) is 0 Å². The quantitative estimate of drug-likeness (QED) is 0.876. The molecule has 2 aromatic rings. The Morgan fingerprint density at radius 2 is 1.58 bits per heavy atom. The van der Waals surface area contributed by atoms with Gasteiger partial charge < -0.3 is 19.2 Å². The second-order valence-corrected chi connectivity index (χ2v) is 7.12. The summed E-state index contributed by atoms with van der Waals surface area (Å²) in [5, 5.41) is 9.44. The summed E-state index contributed by atoms with van der Waals surface area (Å²) >= 11 is 0. The number of aromatic hydroxyl groups is 1. The molecule has 126 valence electrons. The van der Waals surface area contributed by atoms with Crippen LogP contribution < -0.4 is 10.2 Å². The van der Waals surface area contributed by atoms with Gasteiger partial charge in [0.15, 0.2) is 0 Å². The maximum atomic E-state index is 9.44. The van der Waals surface area contributed by atoms with Crippen molar-refractivity contribution in [3.8, 4) is 11.5 Å². The summed E-state index contributed by atoms with van der Waals surface area (Å²) in [6.07, 6.45) is 0. The Kier molecular flexibility index (Phi) is 4.32. The van der Waals surface area contributed by atoms with Crippen molar-refractivity contribution in [2.24, 2.45) is 0 Å². The van der Waals surface area contributed by atoms with Crippen LogP contribution in [0.4, 0.5) is 0 Å². The van der Waals surface area contributed by atoms with Gasteiger partial charge >= 0.3 is 7.12 Å². The summed E-state index contributed by atoms with van der Waals surface area (Å²) in [7, 11) is -0.351. The molecule has 3 rings (SSSR count). The van der Waals surface area contributed by atoms with E-state index >= 15 is 0 Å². The zero-order valence-electron chi connectivity index (χ0n) is 14.6. The van der Waals surface area contributed by atoms with Crippen molar-refractivity contribution in [2.75, 3.05) is 0 Å². The van der Waals surface area contributed by atoms with Gasteiger partial charge in [0.05, 0.1) is 11.2 Å². The minimum Gasteiger partial charge on any atom is -0.508 e. The molecule has 24 heavy (non-hydrogen) atoms. The Balaban J connectivity index is 1.64. The number of hydrogen-bond acceptors (Lipinski definition) is 4. The van der Waals surface area contributed by atoms with Gasteiger partial charge in [-0.1, -0.05) is 30.3 Å². The number of ether oxygens (including phenoxy) is 1. The average molecular weight is 326 g/mol. The van der Waals surface area contributed by atoms with Crippen LogP contribution in [0.2, 0.25) is 0 Å². The zero-order valence-corrected chi connectivity index (χ0v) is 14.6. The molecule has 1 aliphatic rings. The van der Waals surface area contributed by atoms with Gasteiger partial charge in [0.1, 0.15) is 18.1 Å². The summed E-state index contributed by atoms with van der Waals surface area (Å²) in [5.41, 5.74) is 1.36. The van der Waals surface area contributed by atoms with Crippen LogP contribution in [0.1, 0.15) is 33.3 Å². The lowest BCUT2D eigenvalue weighted by Crippen LogP contribution is -2.41. The van der Waals surface area contributed by atoms with Crippen LogP contribution in [0.25, 0.3) is 0 Å². The van der Waals surface area contributed by atoms with E-state index in [1.807, 2.05) is 58.0 Å². The van der Waals surface area contributed by atoms with Gasteiger partial charge in [-0.05, 0) is 50.9 Å². The van der Waals surface area contributed by atoms with Crippen molar-refractivity contribution < 1.29 is 19.2 Å². The Morgan fingerprint density at radius 1 is 0.958 bits per heavy atom. The molecule has 0 unspecified atom stereocenters. The molecule has 1 fully saturated rings. The summed E-state index contributed by atoms with van der Waals surface area (Å²) in [4.78, 5) is 0. The molecule has 2 aromatic carbocycles.